The molecule has 0 unspecified atom stereocenters. The van der Waals surface area contributed by atoms with Gasteiger partial charge < -0.3 is 18.9 Å². The van der Waals surface area contributed by atoms with Crippen LogP contribution >= 0.6 is 0 Å². The first-order valence-corrected chi connectivity index (χ1v) is 9.77. The van der Waals surface area contributed by atoms with Crippen LogP contribution in [0.5, 0.6) is 11.5 Å². The van der Waals surface area contributed by atoms with Crippen molar-refractivity contribution in [1.82, 2.24) is 0 Å². The molecule has 0 aliphatic heterocycles. The minimum atomic E-state index is -1.50. The second-order valence-corrected chi connectivity index (χ2v) is 6.80. The Hall–Kier alpha value is -3.54. The number of carbonyl (C=O) groups excluding carboxylic acids is 2. The van der Waals surface area contributed by atoms with E-state index in [-0.39, 0.29) is 12.8 Å². The standard InChI is InChI=1S/C25H28O6/c1-28-21-15-14-20(22(18-21)29-2)13-9-17-25(23(26)30-3,24(27)31-4)16-8-12-19-10-6-5-7-11-19/h5-15,18H,16-17H2,1-4H3/b12-8+,13-9+. The van der Waals surface area contributed by atoms with E-state index in [4.69, 9.17) is 18.9 Å². The van der Waals surface area contributed by atoms with Gasteiger partial charge in [0.25, 0.3) is 0 Å². The maximum atomic E-state index is 12.7. The van der Waals surface area contributed by atoms with E-state index in [9.17, 15) is 9.59 Å². The minimum Gasteiger partial charge on any atom is -0.497 e. The summed E-state index contributed by atoms with van der Waals surface area (Å²) < 4.78 is 20.5. The smallest absolute Gasteiger partial charge is 0.323 e. The van der Waals surface area contributed by atoms with Crippen molar-refractivity contribution >= 4 is 24.1 Å². The van der Waals surface area contributed by atoms with Crippen molar-refractivity contribution in [2.45, 2.75) is 12.8 Å². The molecule has 0 radical (unpaired) electrons. The molecule has 0 amide bonds. The fraction of sp³-hybridized carbons (Fsp3) is 0.280. The molecule has 0 aliphatic rings. The summed E-state index contributed by atoms with van der Waals surface area (Å²) in [5.74, 6) is -0.0216. The van der Waals surface area contributed by atoms with Crippen LogP contribution in [-0.4, -0.2) is 40.4 Å². The van der Waals surface area contributed by atoms with E-state index in [0.717, 1.165) is 11.1 Å². The molecule has 0 saturated carbocycles. The van der Waals surface area contributed by atoms with E-state index in [0.29, 0.717) is 11.5 Å². The Morgan fingerprint density at radius 3 is 1.97 bits per heavy atom. The van der Waals surface area contributed by atoms with Gasteiger partial charge in [-0.15, -0.1) is 0 Å². The second kappa shape index (κ2) is 11.6. The van der Waals surface area contributed by atoms with Crippen molar-refractivity contribution < 1.29 is 28.5 Å². The zero-order valence-electron chi connectivity index (χ0n) is 18.3. The molecule has 6 heteroatoms. The lowest BCUT2D eigenvalue weighted by Gasteiger charge is -2.25. The van der Waals surface area contributed by atoms with Crippen LogP contribution in [0.15, 0.2) is 60.7 Å². The molecule has 0 saturated heterocycles. The van der Waals surface area contributed by atoms with E-state index in [2.05, 4.69) is 0 Å². The van der Waals surface area contributed by atoms with Gasteiger partial charge in [0.05, 0.1) is 28.4 Å². The zero-order chi connectivity index (χ0) is 22.7. The van der Waals surface area contributed by atoms with E-state index < -0.39 is 17.4 Å². The molecule has 2 aromatic carbocycles. The van der Waals surface area contributed by atoms with Gasteiger partial charge in [-0.25, -0.2) is 0 Å². The molecule has 0 heterocycles. The lowest BCUT2D eigenvalue weighted by Crippen LogP contribution is -2.40. The van der Waals surface area contributed by atoms with Crippen LogP contribution in [0, 0.1) is 5.41 Å². The van der Waals surface area contributed by atoms with Crippen LogP contribution in [0.2, 0.25) is 0 Å². The van der Waals surface area contributed by atoms with Crippen LogP contribution in [0.1, 0.15) is 24.0 Å². The Morgan fingerprint density at radius 1 is 0.806 bits per heavy atom. The van der Waals surface area contributed by atoms with Gasteiger partial charge in [-0.05, 0) is 30.5 Å². The Balaban J connectivity index is 2.31. The molecule has 0 atom stereocenters. The van der Waals surface area contributed by atoms with Crippen LogP contribution in [-0.2, 0) is 19.1 Å². The predicted molar refractivity (Wildman–Crippen MR) is 120 cm³/mol. The number of ether oxygens (including phenoxy) is 4. The monoisotopic (exact) mass is 424 g/mol. The number of hydrogen-bond acceptors (Lipinski definition) is 6. The molecule has 31 heavy (non-hydrogen) atoms. The fourth-order valence-corrected chi connectivity index (χ4v) is 3.19. The predicted octanol–water partition coefficient (Wildman–Crippen LogP) is 4.54. The number of methoxy groups -OCH3 is 4. The maximum Gasteiger partial charge on any atom is 0.323 e. The van der Waals surface area contributed by atoms with Crippen molar-refractivity contribution in [2.24, 2.45) is 5.41 Å². The van der Waals surface area contributed by atoms with Gasteiger partial charge in [-0.2, -0.15) is 0 Å². The van der Waals surface area contributed by atoms with Crippen molar-refractivity contribution in [3.05, 3.63) is 71.8 Å². The minimum absolute atomic E-state index is 0.0979. The lowest BCUT2D eigenvalue weighted by atomic mass is 9.80. The van der Waals surface area contributed by atoms with Gasteiger partial charge in [0.1, 0.15) is 11.5 Å². The van der Waals surface area contributed by atoms with Crippen molar-refractivity contribution in [2.75, 3.05) is 28.4 Å². The van der Waals surface area contributed by atoms with Crippen LogP contribution < -0.4 is 9.47 Å². The highest BCUT2D eigenvalue weighted by Crippen LogP contribution is 2.33. The molecule has 0 aliphatic carbocycles. The number of esters is 2. The summed E-state index contributed by atoms with van der Waals surface area (Å²) in [6.45, 7) is 0. The molecule has 0 spiro atoms. The van der Waals surface area contributed by atoms with Crippen LogP contribution in [0.3, 0.4) is 0 Å². The van der Waals surface area contributed by atoms with E-state index in [1.807, 2.05) is 42.5 Å². The third-order valence-electron chi connectivity index (χ3n) is 4.93. The summed E-state index contributed by atoms with van der Waals surface area (Å²) in [4.78, 5) is 25.4. The Bertz CT molecular complexity index is 914. The SMILES string of the molecule is COC(=O)C(C/C=C/c1ccccc1)(C/C=C/c1ccc(OC)cc1OC)C(=O)OC. The second-order valence-electron chi connectivity index (χ2n) is 6.80. The number of carbonyl (C=O) groups is 2. The quantitative estimate of drug-likeness (QED) is 0.412. The summed E-state index contributed by atoms with van der Waals surface area (Å²) in [7, 11) is 5.66. The Kier molecular flexibility index (Phi) is 8.88. The molecular formula is C25H28O6. The maximum absolute atomic E-state index is 12.7. The number of allylic oxidation sites excluding steroid dienone is 2. The van der Waals surface area contributed by atoms with Crippen molar-refractivity contribution in [1.29, 1.82) is 0 Å². The average molecular weight is 424 g/mol. The van der Waals surface area contributed by atoms with Gasteiger partial charge in [-0.3, -0.25) is 9.59 Å². The number of hydrogen-bond donors (Lipinski definition) is 0. The van der Waals surface area contributed by atoms with Crippen LogP contribution in [0.4, 0.5) is 0 Å². The average Bonchev–Trinajstić information content (AvgIpc) is 2.82. The highest BCUT2D eigenvalue weighted by molar-refractivity contribution is 6.00. The summed E-state index contributed by atoms with van der Waals surface area (Å²) in [6.07, 6.45) is 7.40. The summed E-state index contributed by atoms with van der Waals surface area (Å²) in [6, 6.07) is 15.0. The summed E-state index contributed by atoms with van der Waals surface area (Å²) in [5, 5.41) is 0. The zero-order valence-corrected chi connectivity index (χ0v) is 18.3. The van der Waals surface area contributed by atoms with Gasteiger partial charge in [0, 0.05) is 11.6 Å². The molecule has 6 nitrogen and oxygen atoms in total. The molecule has 2 aromatic rings. The van der Waals surface area contributed by atoms with E-state index >= 15 is 0 Å². The molecule has 0 N–H and O–H groups in total. The highest BCUT2D eigenvalue weighted by atomic mass is 16.5. The van der Waals surface area contributed by atoms with Gasteiger partial charge in [0.2, 0.25) is 0 Å². The first-order chi connectivity index (χ1) is 15.0. The molecule has 0 fully saturated rings. The number of benzene rings is 2. The number of rotatable bonds is 10. The molecule has 0 bridgehead atoms. The topological polar surface area (TPSA) is 71.1 Å². The first-order valence-electron chi connectivity index (χ1n) is 9.77. The third kappa shape index (κ3) is 5.98. The van der Waals surface area contributed by atoms with Crippen LogP contribution in [0.25, 0.3) is 12.2 Å². The molecule has 2 rings (SSSR count). The summed E-state index contributed by atoms with van der Waals surface area (Å²) in [5.41, 5.74) is 0.252. The van der Waals surface area contributed by atoms with Gasteiger partial charge in [0.15, 0.2) is 5.41 Å². The third-order valence-corrected chi connectivity index (χ3v) is 4.93. The van der Waals surface area contributed by atoms with Crippen molar-refractivity contribution in [3.8, 4) is 11.5 Å². The summed E-state index contributed by atoms with van der Waals surface area (Å²) >= 11 is 0. The molecular weight excluding hydrogens is 396 g/mol. The fourth-order valence-electron chi connectivity index (χ4n) is 3.19. The Morgan fingerprint density at radius 2 is 1.42 bits per heavy atom. The first kappa shape index (κ1) is 23.7. The normalized spacial score (nSPS) is 11.5. The Labute approximate surface area is 183 Å². The van der Waals surface area contributed by atoms with E-state index in [1.54, 1.807) is 44.6 Å². The van der Waals surface area contributed by atoms with Crippen molar-refractivity contribution in [3.63, 3.8) is 0 Å². The van der Waals surface area contributed by atoms with Gasteiger partial charge >= 0.3 is 11.9 Å². The van der Waals surface area contributed by atoms with Gasteiger partial charge in [-0.1, -0.05) is 54.6 Å². The highest BCUT2D eigenvalue weighted by Gasteiger charge is 2.46. The largest absolute Gasteiger partial charge is 0.497 e. The van der Waals surface area contributed by atoms with E-state index in [1.165, 1.54) is 14.2 Å². The molecule has 164 valence electrons. The molecule has 0 aromatic heterocycles. The lowest BCUT2D eigenvalue weighted by molar-refractivity contribution is -0.168.